The summed E-state index contributed by atoms with van der Waals surface area (Å²) in [6.07, 6.45) is 3.41. The molecule has 2 rings (SSSR count). The number of carbonyl (C=O) groups excluding carboxylic acids is 1. The van der Waals surface area contributed by atoms with Gasteiger partial charge in [-0.15, -0.1) is 11.3 Å². The van der Waals surface area contributed by atoms with Crippen LogP contribution in [-0.4, -0.2) is 39.0 Å². The van der Waals surface area contributed by atoms with E-state index in [2.05, 4.69) is 9.97 Å². The second-order valence-corrected chi connectivity index (χ2v) is 5.93. The lowest BCUT2D eigenvalue weighted by molar-refractivity contribution is 0.0702. The molecule has 0 spiro atoms. The lowest BCUT2D eigenvalue weighted by Crippen LogP contribution is -2.33. The van der Waals surface area contributed by atoms with Gasteiger partial charge >= 0.3 is 0 Å². The number of thiazole rings is 1. The van der Waals surface area contributed by atoms with Gasteiger partial charge in [-0.1, -0.05) is 19.9 Å². The number of aromatic nitrogens is 2. The molecule has 0 saturated carbocycles. The van der Waals surface area contributed by atoms with E-state index in [0.29, 0.717) is 18.2 Å². The standard InChI is InChI=1S/C15H19N3O2S/c1-11(2)14-17-13(10-21-14)15(20)18(6-7-19)9-12-4-3-5-16-8-12/h3-5,8,10-11,19H,6-7,9H2,1-2H3. The van der Waals surface area contributed by atoms with Gasteiger partial charge in [0.1, 0.15) is 5.69 Å². The minimum Gasteiger partial charge on any atom is -0.395 e. The summed E-state index contributed by atoms with van der Waals surface area (Å²) in [6.45, 7) is 4.72. The first kappa shape index (κ1) is 15.6. The zero-order valence-corrected chi connectivity index (χ0v) is 13.0. The predicted octanol–water partition coefficient (Wildman–Crippen LogP) is 2.30. The Morgan fingerprint density at radius 3 is 2.86 bits per heavy atom. The number of hydrogen-bond acceptors (Lipinski definition) is 5. The number of aliphatic hydroxyl groups excluding tert-OH is 1. The van der Waals surface area contributed by atoms with Gasteiger partial charge in [-0.05, 0) is 11.6 Å². The highest BCUT2D eigenvalue weighted by atomic mass is 32.1. The zero-order valence-electron chi connectivity index (χ0n) is 12.2. The Labute approximate surface area is 128 Å². The third kappa shape index (κ3) is 4.09. The van der Waals surface area contributed by atoms with E-state index in [1.54, 1.807) is 22.7 Å². The van der Waals surface area contributed by atoms with E-state index in [-0.39, 0.29) is 19.1 Å². The highest BCUT2D eigenvalue weighted by molar-refractivity contribution is 7.09. The molecular weight excluding hydrogens is 286 g/mol. The summed E-state index contributed by atoms with van der Waals surface area (Å²) in [4.78, 5) is 22.5. The van der Waals surface area contributed by atoms with Crippen molar-refractivity contribution in [3.05, 3.63) is 46.2 Å². The summed E-state index contributed by atoms with van der Waals surface area (Å²) < 4.78 is 0. The molecule has 0 atom stereocenters. The third-order valence-electron chi connectivity index (χ3n) is 2.99. The van der Waals surface area contributed by atoms with Crippen molar-refractivity contribution in [2.24, 2.45) is 0 Å². The third-order valence-corrected chi connectivity index (χ3v) is 4.13. The molecule has 2 heterocycles. The Morgan fingerprint density at radius 1 is 1.48 bits per heavy atom. The summed E-state index contributed by atoms with van der Waals surface area (Å²) in [7, 11) is 0. The Hall–Kier alpha value is -1.79. The van der Waals surface area contributed by atoms with E-state index in [1.807, 2.05) is 26.0 Å². The molecule has 0 radical (unpaired) electrons. The molecule has 0 aliphatic carbocycles. The first-order valence-electron chi connectivity index (χ1n) is 6.86. The Morgan fingerprint density at radius 2 is 2.29 bits per heavy atom. The molecule has 1 N–H and O–H groups in total. The lowest BCUT2D eigenvalue weighted by Gasteiger charge is -2.20. The van der Waals surface area contributed by atoms with Crippen molar-refractivity contribution in [3.63, 3.8) is 0 Å². The van der Waals surface area contributed by atoms with Gasteiger partial charge in [0.05, 0.1) is 11.6 Å². The van der Waals surface area contributed by atoms with Crippen molar-refractivity contribution in [3.8, 4) is 0 Å². The van der Waals surface area contributed by atoms with Crippen LogP contribution in [0.2, 0.25) is 0 Å². The molecule has 0 aromatic carbocycles. The fourth-order valence-corrected chi connectivity index (χ4v) is 2.71. The van der Waals surface area contributed by atoms with Crippen LogP contribution in [0.1, 0.15) is 40.8 Å². The molecular formula is C15H19N3O2S. The maximum atomic E-state index is 12.5. The highest BCUT2D eigenvalue weighted by Crippen LogP contribution is 2.20. The molecule has 0 bridgehead atoms. The normalized spacial score (nSPS) is 10.9. The van der Waals surface area contributed by atoms with Crippen molar-refractivity contribution in [2.45, 2.75) is 26.3 Å². The Kier molecular flexibility index (Phi) is 5.41. The molecule has 5 nitrogen and oxygen atoms in total. The molecule has 0 aliphatic rings. The van der Waals surface area contributed by atoms with E-state index in [1.165, 1.54) is 11.3 Å². The van der Waals surface area contributed by atoms with Crippen LogP contribution >= 0.6 is 11.3 Å². The average molecular weight is 305 g/mol. The molecule has 0 unspecified atom stereocenters. The number of carbonyl (C=O) groups is 1. The predicted molar refractivity (Wildman–Crippen MR) is 82.3 cm³/mol. The van der Waals surface area contributed by atoms with Gasteiger partial charge in [-0.2, -0.15) is 0 Å². The maximum absolute atomic E-state index is 12.5. The number of aliphatic hydroxyl groups is 1. The first-order valence-corrected chi connectivity index (χ1v) is 7.74. The second-order valence-electron chi connectivity index (χ2n) is 5.04. The van der Waals surface area contributed by atoms with Gasteiger partial charge in [0.25, 0.3) is 5.91 Å². The zero-order chi connectivity index (χ0) is 15.2. The van der Waals surface area contributed by atoms with Gasteiger partial charge in [0.2, 0.25) is 0 Å². The van der Waals surface area contributed by atoms with Gasteiger partial charge in [-0.3, -0.25) is 9.78 Å². The summed E-state index contributed by atoms with van der Waals surface area (Å²) in [6, 6.07) is 3.74. The number of rotatable bonds is 6. The fourth-order valence-electron chi connectivity index (χ4n) is 1.90. The lowest BCUT2D eigenvalue weighted by atomic mass is 10.2. The minimum atomic E-state index is -0.156. The first-order chi connectivity index (χ1) is 10.1. The average Bonchev–Trinajstić information content (AvgIpc) is 2.97. The Balaban J connectivity index is 2.14. The number of pyridine rings is 1. The van der Waals surface area contributed by atoms with Crippen molar-refractivity contribution >= 4 is 17.2 Å². The molecule has 2 aromatic rings. The van der Waals surface area contributed by atoms with E-state index in [4.69, 9.17) is 0 Å². The van der Waals surface area contributed by atoms with Crippen LogP contribution in [0.25, 0.3) is 0 Å². The summed E-state index contributed by atoms with van der Waals surface area (Å²) in [5, 5.41) is 11.9. The smallest absolute Gasteiger partial charge is 0.273 e. The molecule has 0 saturated heterocycles. The molecule has 0 aliphatic heterocycles. The van der Waals surface area contributed by atoms with Gasteiger partial charge < -0.3 is 10.0 Å². The second kappa shape index (κ2) is 7.28. The van der Waals surface area contributed by atoms with Crippen molar-refractivity contribution in [1.82, 2.24) is 14.9 Å². The molecule has 6 heteroatoms. The van der Waals surface area contributed by atoms with Gasteiger partial charge in [-0.25, -0.2) is 4.98 Å². The van der Waals surface area contributed by atoms with Crippen LogP contribution in [0.4, 0.5) is 0 Å². The number of hydrogen-bond donors (Lipinski definition) is 1. The number of nitrogens with zero attached hydrogens (tertiary/aromatic N) is 3. The molecule has 21 heavy (non-hydrogen) atoms. The minimum absolute atomic E-state index is 0.0762. The SMILES string of the molecule is CC(C)c1nc(C(=O)N(CCO)Cc2cccnc2)cs1. The van der Waals surface area contributed by atoms with E-state index in [9.17, 15) is 9.90 Å². The topological polar surface area (TPSA) is 66.3 Å². The van der Waals surface area contributed by atoms with Crippen LogP contribution in [-0.2, 0) is 6.54 Å². The van der Waals surface area contributed by atoms with E-state index in [0.717, 1.165) is 10.6 Å². The molecule has 0 fully saturated rings. The van der Waals surface area contributed by atoms with Crippen molar-refractivity contribution in [1.29, 1.82) is 0 Å². The quantitative estimate of drug-likeness (QED) is 0.889. The van der Waals surface area contributed by atoms with Crippen LogP contribution < -0.4 is 0 Å². The van der Waals surface area contributed by atoms with Crippen LogP contribution in [0, 0.1) is 0 Å². The molecule has 1 amide bonds. The molecule has 2 aromatic heterocycles. The van der Waals surface area contributed by atoms with Crippen molar-refractivity contribution < 1.29 is 9.90 Å². The number of amides is 1. The maximum Gasteiger partial charge on any atom is 0.273 e. The monoisotopic (exact) mass is 305 g/mol. The van der Waals surface area contributed by atoms with Crippen molar-refractivity contribution in [2.75, 3.05) is 13.2 Å². The molecule has 112 valence electrons. The largest absolute Gasteiger partial charge is 0.395 e. The van der Waals surface area contributed by atoms with E-state index < -0.39 is 0 Å². The summed E-state index contributed by atoms with van der Waals surface area (Å²) in [5.74, 6) is 0.150. The fraction of sp³-hybridized carbons (Fsp3) is 0.400. The Bertz CT molecular complexity index is 584. The van der Waals surface area contributed by atoms with Gasteiger partial charge in [0.15, 0.2) is 0 Å². The summed E-state index contributed by atoms with van der Waals surface area (Å²) in [5.41, 5.74) is 1.37. The van der Waals surface area contributed by atoms with E-state index >= 15 is 0 Å². The van der Waals surface area contributed by atoms with Crippen LogP contribution in [0.15, 0.2) is 29.9 Å². The van der Waals surface area contributed by atoms with Crippen LogP contribution in [0.5, 0.6) is 0 Å². The highest BCUT2D eigenvalue weighted by Gasteiger charge is 2.19. The summed E-state index contributed by atoms with van der Waals surface area (Å²) >= 11 is 1.49. The van der Waals surface area contributed by atoms with Gasteiger partial charge in [0, 0.05) is 36.8 Å². The van der Waals surface area contributed by atoms with Crippen LogP contribution in [0.3, 0.4) is 0 Å².